The maximum atomic E-state index is 13.4. The average molecular weight is 635 g/mol. The molecule has 4 N–H and O–H groups in total. The zero-order chi connectivity index (χ0) is 30.0. The van der Waals surface area contributed by atoms with Crippen molar-refractivity contribution in [1.29, 1.82) is 0 Å². The van der Waals surface area contributed by atoms with E-state index in [1.165, 1.54) is 12.1 Å². The molecule has 1 amide bonds. The lowest BCUT2D eigenvalue weighted by Crippen LogP contribution is -2.33. The molecule has 1 atom stereocenters. The highest BCUT2D eigenvalue weighted by Gasteiger charge is 2.23. The second kappa shape index (κ2) is 16.7. The van der Waals surface area contributed by atoms with Crippen molar-refractivity contribution in [2.24, 2.45) is 0 Å². The molecule has 4 rings (SSSR count). The van der Waals surface area contributed by atoms with E-state index in [1.54, 1.807) is 30.3 Å². The van der Waals surface area contributed by atoms with Crippen LogP contribution in [0.15, 0.2) is 66.7 Å². The van der Waals surface area contributed by atoms with Crippen molar-refractivity contribution in [2.45, 2.75) is 57.2 Å². The number of carbonyl (C=O) groups is 1. The highest BCUT2D eigenvalue weighted by atomic mass is 35.5. The Morgan fingerprint density at radius 2 is 1.72 bits per heavy atom. The van der Waals surface area contributed by atoms with E-state index in [4.69, 9.17) is 9.84 Å². The van der Waals surface area contributed by atoms with Crippen LogP contribution in [0.1, 0.15) is 66.1 Å². The molecule has 3 aromatic rings. The minimum atomic E-state index is -3.89. The van der Waals surface area contributed by atoms with Crippen molar-refractivity contribution in [2.75, 3.05) is 25.4 Å². The molecule has 1 fully saturated rings. The number of hydrogen-bond acceptors (Lipinski definition) is 7. The molecule has 0 aliphatic heterocycles. The lowest BCUT2D eigenvalue weighted by molar-refractivity contribution is 0.0969. The van der Waals surface area contributed by atoms with Gasteiger partial charge in [-0.3, -0.25) is 4.79 Å². The van der Waals surface area contributed by atoms with E-state index in [9.17, 15) is 22.7 Å². The fourth-order valence-corrected chi connectivity index (χ4v) is 6.02. The lowest BCUT2D eigenvalue weighted by Gasteiger charge is -2.24. The molecule has 0 aromatic heterocycles. The van der Waals surface area contributed by atoms with Crippen molar-refractivity contribution in [3.8, 4) is 16.9 Å². The van der Waals surface area contributed by atoms with E-state index in [-0.39, 0.29) is 48.7 Å². The SMILES string of the molecule is Cl.O=C(NS(=O)(=O)CCCO)c1ccc(-c2ccc(CCNC[C@@H](O)c3cccc(F)c3)cc2)cc1OC1CCCCC1. The summed E-state index contributed by atoms with van der Waals surface area (Å²) in [7, 11) is -3.89. The first-order valence-corrected chi connectivity index (χ1v) is 16.1. The summed E-state index contributed by atoms with van der Waals surface area (Å²) in [5.74, 6) is -1.13. The molecule has 1 saturated carbocycles. The molecule has 3 aromatic carbocycles. The standard InChI is InChI=1S/C32H39FN2O6S.ClH/c33-27-7-4-6-26(20-27)30(37)22-34-17-16-23-10-12-24(13-11-23)25-14-15-29(32(38)35-42(39,40)19-5-18-36)31(21-25)41-28-8-2-1-3-9-28;/h4,6-7,10-15,20-21,28,30,34,36-37H,1-3,5,8-9,16-19,22H2,(H,35,38);1H/t30-;/m1./s1. The van der Waals surface area contributed by atoms with Gasteiger partial charge in [0.05, 0.1) is 23.5 Å². The number of nitrogens with one attached hydrogen (secondary N) is 2. The summed E-state index contributed by atoms with van der Waals surface area (Å²) >= 11 is 0. The van der Waals surface area contributed by atoms with Crippen LogP contribution in [0.4, 0.5) is 4.39 Å². The smallest absolute Gasteiger partial charge is 0.268 e. The van der Waals surface area contributed by atoms with Crippen LogP contribution in [0.5, 0.6) is 5.75 Å². The fourth-order valence-electron chi connectivity index (χ4n) is 5.02. The van der Waals surface area contributed by atoms with Gasteiger partial charge < -0.3 is 20.3 Å². The number of amides is 1. The molecule has 0 spiro atoms. The van der Waals surface area contributed by atoms with Gasteiger partial charge in [-0.25, -0.2) is 17.5 Å². The minimum Gasteiger partial charge on any atom is -0.490 e. The summed E-state index contributed by atoms with van der Waals surface area (Å²) < 4.78 is 46.3. The van der Waals surface area contributed by atoms with Crippen molar-refractivity contribution >= 4 is 28.3 Å². The summed E-state index contributed by atoms with van der Waals surface area (Å²) in [6.07, 6.45) is 4.92. The number of halogens is 2. The molecule has 11 heteroatoms. The molecule has 0 unspecified atom stereocenters. The zero-order valence-corrected chi connectivity index (χ0v) is 25.6. The van der Waals surface area contributed by atoms with E-state index in [1.807, 2.05) is 24.3 Å². The third-order valence-corrected chi connectivity index (χ3v) is 8.66. The van der Waals surface area contributed by atoms with Crippen molar-refractivity contribution in [3.63, 3.8) is 0 Å². The summed E-state index contributed by atoms with van der Waals surface area (Å²) in [4.78, 5) is 13.0. The molecule has 1 aliphatic rings. The molecular weight excluding hydrogens is 595 g/mol. The molecule has 0 radical (unpaired) electrons. The number of sulfonamides is 1. The third kappa shape index (κ3) is 10.6. The van der Waals surface area contributed by atoms with Crippen molar-refractivity contribution in [3.05, 3.63) is 89.2 Å². The molecule has 234 valence electrons. The second-order valence-corrected chi connectivity index (χ2v) is 12.5. The van der Waals surface area contributed by atoms with Crippen LogP contribution >= 0.6 is 12.4 Å². The van der Waals surface area contributed by atoms with E-state index >= 15 is 0 Å². The minimum absolute atomic E-state index is 0. The summed E-state index contributed by atoms with van der Waals surface area (Å²) in [5.41, 5.74) is 3.53. The van der Waals surface area contributed by atoms with Crippen LogP contribution in [0.3, 0.4) is 0 Å². The zero-order valence-electron chi connectivity index (χ0n) is 24.0. The molecule has 1 aliphatic carbocycles. The number of hydrogen-bond donors (Lipinski definition) is 4. The first-order valence-electron chi connectivity index (χ1n) is 14.4. The van der Waals surface area contributed by atoms with Crippen molar-refractivity contribution in [1.82, 2.24) is 10.0 Å². The van der Waals surface area contributed by atoms with Crippen LogP contribution in [-0.4, -0.2) is 56.1 Å². The number of rotatable bonds is 14. The highest BCUT2D eigenvalue weighted by Crippen LogP contribution is 2.31. The van der Waals surface area contributed by atoms with Gasteiger partial charge in [-0.05, 0) is 91.6 Å². The van der Waals surface area contributed by atoms with Gasteiger partial charge in [0, 0.05) is 13.2 Å². The topological polar surface area (TPSA) is 125 Å². The average Bonchev–Trinajstić information content (AvgIpc) is 2.99. The molecule has 8 nitrogen and oxygen atoms in total. The Hall–Kier alpha value is -3.02. The van der Waals surface area contributed by atoms with Gasteiger partial charge in [0.1, 0.15) is 11.6 Å². The Bertz CT molecular complexity index is 1430. The molecule has 0 saturated heterocycles. The normalized spacial score (nSPS) is 14.5. The van der Waals surface area contributed by atoms with E-state index in [0.29, 0.717) is 24.4 Å². The monoisotopic (exact) mass is 634 g/mol. The number of ether oxygens (including phenoxy) is 1. The first kappa shape index (κ1) is 34.5. The second-order valence-electron chi connectivity index (χ2n) is 10.6. The third-order valence-electron chi connectivity index (χ3n) is 7.34. The van der Waals surface area contributed by atoms with Gasteiger partial charge in [-0.1, -0.05) is 48.9 Å². The largest absolute Gasteiger partial charge is 0.490 e. The highest BCUT2D eigenvalue weighted by molar-refractivity contribution is 7.90. The van der Waals surface area contributed by atoms with Gasteiger partial charge >= 0.3 is 0 Å². The summed E-state index contributed by atoms with van der Waals surface area (Å²) in [5, 5.41) is 22.4. The van der Waals surface area contributed by atoms with Gasteiger partial charge in [0.2, 0.25) is 10.0 Å². The number of benzene rings is 3. The van der Waals surface area contributed by atoms with Gasteiger partial charge in [-0.15, -0.1) is 12.4 Å². The Balaban J connectivity index is 0.00000506. The molecule has 0 bridgehead atoms. The van der Waals surface area contributed by atoms with Crippen LogP contribution in [0.2, 0.25) is 0 Å². The van der Waals surface area contributed by atoms with E-state index in [0.717, 1.165) is 55.2 Å². The predicted octanol–water partition coefficient (Wildman–Crippen LogP) is 4.93. The quantitative estimate of drug-likeness (QED) is 0.185. The van der Waals surface area contributed by atoms with E-state index < -0.39 is 22.0 Å². The molecule has 0 heterocycles. The van der Waals surface area contributed by atoms with Gasteiger partial charge in [0.15, 0.2) is 0 Å². The Kier molecular flexibility index (Phi) is 13.4. The Morgan fingerprint density at radius 1 is 1.00 bits per heavy atom. The molecule has 43 heavy (non-hydrogen) atoms. The van der Waals surface area contributed by atoms with E-state index in [2.05, 4.69) is 10.0 Å². The predicted molar refractivity (Wildman–Crippen MR) is 168 cm³/mol. The lowest BCUT2D eigenvalue weighted by atomic mass is 9.97. The van der Waals surface area contributed by atoms with Crippen LogP contribution in [0.25, 0.3) is 11.1 Å². The van der Waals surface area contributed by atoms with Crippen LogP contribution < -0.4 is 14.8 Å². The maximum absolute atomic E-state index is 13.4. The maximum Gasteiger partial charge on any atom is 0.268 e. The summed E-state index contributed by atoms with van der Waals surface area (Å²) in [6.45, 7) is 0.666. The Morgan fingerprint density at radius 3 is 2.42 bits per heavy atom. The van der Waals surface area contributed by atoms with Crippen LogP contribution in [0, 0.1) is 5.82 Å². The Labute approximate surface area is 259 Å². The fraction of sp³-hybridized carbons (Fsp3) is 0.406. The van der Waals surface area contributed by atoms with Gasteiger partial charge in [-0.2, -0.15) is 0 Å². The number of aliphatic hydroxyl groups is 2. The van der Waals surface area contributed by atoms with Gasteiger partial charge in [0.25, 0.3) is 5.91 Å². The van der Waals surface area contributed by atoms with Crippen molar-refractivity contribution < 1.29 is 32.6 Å². The summed E-state index contributed by atoms with van der Waals surface area (Å²) in [6, 6.07) is 19.1. The number of aliphatic hydroxyl groups excluding tert-OH is 2. The first-order chi connectivity index (χ1) is 20.2. The number of carbonyl (C=O) groups excluding carboxylic acids is 1. The molecular formula is C32H40ClFN2O6S. The van der Waals surface area contributed by atoms with Crippen LogP contribution in [-0.2, 0) is 16.4 Å².